The zero-order chi connectivity index (χ0) is 10.3. The summed E-state index contributed by atoms with van der Waals surface area (Å²) in [6.45, 7) is 7.80. The summed E-state index contributed by atoms with van der Waals surface area (Å²) < 4.78 is 0. The molecule has 78 valence electrons. The van der Waals surface area contributed by atoms with Crippen LogP contribution < -0.4 is 5.32 Å². The number of nitrogens with zero attached hydrogens (tertiary/aromatic N) is 1. The van der Waals surface area contributed by atoms with Crippen LogP contribution in [-0.4, -0.2) is 37.0 Å². The van der Waals surface area contributed by atoms with Crippen LogP contribution >= 0.6 is 0 Å². The van der Waals surface area contributed by atoms with Crippen molar-refractivity contribution >= 4 is 5.91 Å². The fourth-order valence-corrected chi connectivity index (χ4v) is 1.02. The molecule has 0 unspecified atom stereocenters. The molecule has 0 aromatic heterocycles. The number of carbonyl (C=O) groups is 1. The van der Waals surface area contributed by atoms with Gasteiger partial charge in [0.2, 0.25) is 5.91 Å². The van der Waals surface area contributed by atoms with Crippen LogP contribution in [-0.2, 0) is 4.79 Å². The van der Waals surface area contributed by atoms with Gasteiger partial charge in [-0.25, -0.2) is 0 Å². The summed E-state index contributed by atoms with van der Waals surface area (Å²) in [6.07, 6.45) is 2.21. The standard InChI is InChI=1S/C10H22N2O/c1-9(2)11-7-5-6-8-12(4)10(3)13/h9,11H,5-8H2,1-4H3. The van der Waals surface area contributed by atoms with Crippen molar-refractivity contribution in [3.05, 3.63) is 0 Å². The van der Waals surface area contributed by atoms with Crippen molar-refractivity contribution < 1.29 is 4.79 Å². The second kappa shape index (κ2) is 6.89. The van der Waals surface area contributed by atoms with Crippen LogP contribution in [0.3, 0.4) is 0 Å². The van der Waals surface area contributed by atoms with Gasteiger partial charge in [0.05, 0.1) is 0 Å². The van der Waals surface area contributed by atoms with E-state index in [0.717, 1.165) is 25.9 Å². The van der Waals surface area contributed by atoms with E-state index in [2.05, 4.69) is 19.2 Å². The molecule has 1 amide bonds. The zero-order valence-corrected chi connectivity index (χ0v) is 9.26. The highest BCUT2D eigenvalue weighted by Crippen LogP contribution is 1.92. The molecule has 13 heavy (non-hydrogen) atoms. The molecule has 3 heteroatoms. The van der Waals surface area contributed by atoms with Gasteiger partial charge in [-0.05, 0) is 19.4 Å². The molecule has 0 aliphatic heterocycles. The van der Waals surface area contributed by atoms with Crippen molar-refractivity contribution in [3.63, 3.8) is 0 Å². The van der Waals surface area contributed by atoms with E-state index in [1.807, 2.05) is 7.05 Å². The maximum absolute atomic E-state index is 10.8. The van der Waals surface area contributed by atoms with Gasteiger partial charge in [-0.15, -0.1) is 0 Å². The molecule has 0 bridgehead atoms. The minimum absolute atomic E-state index is 0.150. The molecule has 3 nitrogen and oxygen atoms in total. The van der Waals surface area contributed by atoms with Crippen molar-refractivity contribution in [1.29, 1.82) is 0 Å². The highest BCUT2D eigenvalue weighted by atomic mass is 16.2. The van der Waals surface area contributed by atoms with Crippen LogP contribution in [0.2, 0.25) is 0 Å². The average Bonchev–Trinajstić information content (AvgIpc) is 2.02. The Morgan fingerprint density at radius 2 is 2.00 bits per heavy atom. The number of rotatable bonds is 6. The van der Waals surface area contributed by atoms with Crippen molar-refractivity contribution in [2.75, 3.05) is 20.1 Å². The minimum Gasteiger partial charge on any atom is -0.346 e. The Kier molecular flexibility index (Phi) is 6.59. The highest BCUT2D eigenvalue weighted by Gasteiger charge is 2.00. The Hall–Kier alpha value is -0.570. The first-order valence-corrected chi connectivity index (χ1v) is 4.99. The van der Waals surface area contributed by atoms with Gasteiger partial charge in [0.15, 0.2) is 0 Å². The molecule has 0 saturated carbocycles. The van der Waals surface area contributed by atoms with Crippen LogP contribution in [0.4, 0.5) is 0 Å². The Labute approximate surface area is 81.5 Å². The van der Waals surface area contributed by atoms with E-state index in [1.165, 1.54) is 0 Å². The van der Waals surface area contributed by atoms with E-state index < -0.39 is 0 Å². The first-order valence-electron chi connectivity index (χ1n) is 4.99. The van der Waals surface area contributed by atoms with Gasteiger partial charge in [-0.2, -0.15) is 0 Å². The number of carbonyl (C=O) groups excluding carboxylic acids is 1. The summed E-state index contributed by atoms with van der Waals surface area (Å²) in [5.41, 5.74) is 0. The summed E-state index contributed by atoms with van der Waals surface area (Å²) in [7, 11) is 1.85. The Balaban J connectivity index is 3.21. The first-order chi connectivity index (χ1) is 6.04. The lowest BCUT2D eigenvalue weighted by atomic mass is 10.2. The second-order valence-corrected chi connectivity index (χ2v) is 3.76. The van der Waals surface area contributed by atoms with E-state index in [4.69, 9.17) is 0 Å². The summed E-state index contributed by atoms with van der Waals surface area (Å²) in [5, 5.41) is 3.34. The molecule has 0 saturated heterocycles. The van der Waals surface area contributed by atoms with Crippen molar-refractivity contribution in [2.24, 2.45) is 0 Å². The third kappa shape index (κ3) is 7.78. The Bertz CT molecular complexity index is 146. The summed E-state index contributed by atoms with van der Waals surface area (Å²) in [4.78, 5) is 12.6. The predicted molar refractivity (Wildman–Crippen MR) is 55.7 cm³/mol. The van der Waals surface area contributed by atoms with Crippen LogP contribution in [0.5, 0.6) is 0 Å². The summed E-state index contributed by atoms with van der Waals surface area (Å²) in [6, 6.07) is 0.561. The van der Waals surface area contributed by atoms with Gasteiger partial charge in [-0.1, -0.05) is 13.8 Å². The topological polar surface area (TPSA) is 32.3 Å². The molecule has 0 rings (SSSR count). The highest BCUT2D eigenvalue weighted by molar-refractivity contribution is 5.72. The van der Waals surface area contributed by atoms with Gasteiger partial charge >= 0.3 is 0 Å². The predicted octanol–water partition coefficient (Wildman–Crippen LogP) is 1.24. The second-order valence-electron chi connectivity index (χ2n) is 3.76. The molecule has 0 aliphatic carbocycles. The maximum Gasteiger partial charge on any atom is 0.219 e. The lowest BCUT2D eigenvalue weighted by molar-refractivity contribution is -0.127. The summed E-state index contributed by atoms with van der Waals surface area (Å²) in [5.74, 6) is 0.150. The maximum atomic E-state index is 10.8. The van der Waals surface area contributed by atoms with Crippen molar-refractivity contribution in [3.8, 4) is 0 Å². The minimum atomic E-state index is 0.150. The largest absolute Gasteiger partial charge is 0.346 e. The molecule has 1 N–H and O–H groups in total. The van der Waals surface area contributed by atoms with Crippen LogP contribution in [0.1, 0.15) is 33.6 Å². The fraction of sp³-hybridized carbons (Fsp3) is 0.900. The van der Waals surface area contributed by atoms with E-state index in [9.17, 15) is 4.79 Å². The zero-order valence-electron chi connectivity index (χ0n) is 9.26. The lowest BCUT2D eigenvalue weighted by Crippen LogP contribution is -2.27. The van der Waals surface area contributed by atoms with E-state index >= 15 is 0 Å². The number of unbranched alkanes of at least 4 members (excludes halogenated alkanes) is 1. The third-order valence-corrected chi connectivity index (χ3v) is 2.01. The van der Waals surface area contributed by atoms with Gasteiger partial charge in [0, 0.05) is 26.6 Å². The molecule has 0 aliphatic rings. The van der Waals surface area contributed by atoms with Gasteiger partial charge in [0.25, 0.3) is 0 Å². The number of hydrogen-bond acceptors (Lipinski definition) is 2. The smallest absolute Gasteiger partial charge is 0.219 e. The number of amides is 1. The molecular formula is C10H22N2O. The molecule has 0 spiro atoms. The van der Waals surface area contributed by atoms with Gasteiger partial charge in [-0.3, -0.25) is 4.79 Å². The Morgan fingerprint density at radius 3 is 2.46 bits per heavy atom. The molecule has 0 heterocycles. The number of nitrogens with one attached hydrogen (secondary N) is 1. The molecule has 0 aromatic rings. The van der Waals surface area contributed by atoms with Crippen LogP contribution in [0.25, 0.3) is 0 Å². The van der Waals surface area contributed by atoms with Crippen molar-refractivity contribution in [2.45, 2.75) is 39.7 Å². The van der Waals surface area contributed by atoms with E-state index in [-0.39, 0.29) is 5.91 Å². The van der Waals surface area contributed by atoms with Crippen LogP contribution in [0.15, 0.2) is 0 Å². The quantitative estimate of drug-likeness (QED) is 0.633. The monoisotopic (exact) mass is 186 g/mol. The molecule has 0 aromatic carbocycles. The van der Waals surface area contributed by atoms with Crippen molar-refractivity contribution in [1.82, 2.24) is 10.2 Å². The number of hydrogen-bond donors (Lipinski definition) is 1. The summed E-state index contributed by atoms with van der Waals surface area (Å²) >= 11 is 0. The van der Waals surface area contributed by atoms with Gasteiger partial charge < -0.3 is 10.2 Å². The van der Waals surface area contributed by atoms with E-state index in [1.54, 1.807) is 11.8 Å². The first kappa shape index (κ1) is 12.4. The molecule has 0 atom stereocenters. The fourth-order valence-electron chi connectivity index (χ4n) is 1.02. The molecular weight excluding hydrogens is 164 g/mol. The molecule has 0 radical (unpaired) electrons. The van der Waals surface area contributed by atoms with E-state index in [0.29, 0.717) is 6.04 Å². The third-order valence-electron chi connectivity index (χ3n) is 2.01. The molecule has 0 fully saturated rings. The lowest BCUT2D eigenvalue weighted by Gasteiger charge is -2.14. The van der Waals surface area contributed by atoms with Crippen LogP contribution in [0, 0.1) is 0 Å². The Morgan fingerprint density at radius 1 is 1.38 bits per heavy atom. The SMILES string of the molecule is CC(=O)N(C)CCCCNC(C)C. The van der Waals surface area contributed by atoms with Gasteiger partial charge in [0.1, 0.15) is 0 Å². The average molecular weight is 186 g/mol. The normalized spacial score (nSPS) is 10.5.